The number of thiol groups is 1. The second-order valence-corrected chi connectivity index (χ2v) is 13.4. The quantitative estimate of drug-likeness (QED) is 0.311. The number of carboxylic acid groups (broad SMARTS) is 3. The van der Waals surface area contributed by atoms with Gasteiger partial charge in [-0.25, -0.2) is 10.9 Å². The van der Waals surface area contributed by atoms with Crippen LogP contribution in [0.25, 0.3) is 0 Å². The van der Waals surface area contributed by atoms with Crippen molar-refractivity contribution >= 4 is 41.4 Å². The third-order valence-corrected chi connectivity index (χ3v) is 10.6. The molecule has 5 atom stereocenters. The molecule has 0 bridgehead atoms. The van der Waals surface area contributed by atoms with Crippen molar-refractivity contribution in [2.24, 2.45) is 17.8 Å². The molecule has 0 spiro atoms. The number of aryl methyl sites for hydroxylation is 1. The number of hydrogen-bond donors (Lipinski definition) is 4. The van der Waals surface area contributed by atoms with Crippen LogP contribution in [0.5, 0.6) is 0 Å². The van der Waals surface area contributed by atoms with E-state index >= 15 is 0 Å². The average Bonchev–Trinajstić information content (AvgIpc) is 2.91. The van der Waals surface area contributed by atoms with Crippen LogP contribution in [0, 0.1) is 24.7 Å². The third kappa shape index (κ3) is 5.86. The zero-order valence-electron chi connectivity index (χ0n) is 21.3. The van der Waals surface area contributed by atoms with Crippen LogP contribution in [0.1, 0.15) is 63.3 Å². The Morgan fingerprint density at radius 3 is 1.97 bits per heavy atom. The molecule has 1 aromatic carbocycles. The zero-order valence-corrected chi connectivity index (χ0v) is 22.2. The molecule has 1 aromatic rings. The number of rotatable bonds is 8. The van der Waals surface area contributed by atoms with E-state index in [0.29, 0.717) is 5.75 Å². The van der Waals surface area contributed by atoms with Gasteiger partial charge < -0.3 is 24.6 Å². The monoisotopic (exact) mass is 508 g/mol. The van der Waals surface area contributed by atoms with Gasteiger partial charge in [0.15, 0.2) is 0 Å². The first-order chi connectivity index (χ1) is 16.1. The molecule has 2 fully saturated rings. The molecule has 8 nitrogen and oxygen atoms in total. The Morgan fingerprint density at radius 1 is 0.943 bits per heavy atom. The highest BCUT2D eigenvalue weighted by Gasteiger charge is 2.52. The third-order valence-electron chi connectivity index (χ3n) is 7.97. The SMILES string of the molecule is Cc1ccc([C@@H]2[C@@H](CC(=O)O)[C@H](CC(=O)O)[C@H](CC(=O)O)C[SH]2C)cc1B1OC(C)(C)C(C)(C)O1. The Hall–Kier alpha value is -2.04. The van der Waals surface area contributed by atoms with Gasteiger partial charge in [-0.15, -0.1) is 0 Å². The Labute approximate surface area is 209 Å². The molecule has 0 radical (unpaired) electrons. The standard InChI is InChI=1S/C25H37BO8S/c1-14-7-8-15(9-19(14)26-33-24(2,3)25(4,5)34-26)23-18(12-22(31)32)17(11-21(29)30)16(10-20(27)28)13-35(23)6/h7-9,16-18,23,35H,10-13H2,1-6H3,(H,27,28)(H,29,30)(H,31,32)/t16-,17-,18+,23-/m1/s1. The van der Waals surface area contributed by atoms with Gasteiger partial charge >= 0.3 is 25.0 Å². The maximum absolute atomic E-state index is 11.9. The predicted octanol–water partition coefficient (Wildman–Crippen LogP) is 3.25. The number of aliphatic carboxylic acids is 3. The van der Waals surface area contributed by atoms with E-state index in [-0.39, 0.29) is 30.4 Å². The maximum Gasteiger partial charge on any atom is 0.495 e. The molecule has 35 heavy (non-hydrogen) atoms. The van der Waals surface area contributed by atoms with E-state index in [1.807, 2.05) is 52.8 Å². The van der Waals surface area contributed by atoms with Gasteiger partial charge in [-0.1, -0.05) is 23.8 Å². The smallest absolute Gasteiger partial charge is 0.481 e. The number of carboxylic acids is 3. The number of carbonyl (C=O) groups is 3. The number of benzene rings is 1. The summed E-state index contributed by atoms with van der Waals surface area (Å²) in [6.45, 7) is 9.92. The summed E-state index contributed by atoms with van der Waals surface area (Å²) < 4.78 is 12.5. The fourth-order valence-corrected chi connectivity index (χ4v) is 8.54. The topological polar surface area (TPSA) is 130 Å². The molecule has 2 aliphatic heterocycles. The lowest BCUT2D eigenvalue weighted by atomic mass is 9.71. The summed E-state index contributed by atoms with van der Waals surface area (Å²) in [5.74, 6) is -3.83. The average molecular weight is 508 g/mol. The largest absolute Gasteiger partial charge is 0.495 e. The lowest BCUT2D eigenvalue weighted by molar-refractivity contribution is -0.144. The Balaban J connectivity index is 2.04. The fraction of sp³-hybridized carbons (Fsp3) is 0.640. The Morgan fingerprint density at radius 2 is 1.46 bits per heavy atom. The summed E-state index contributed by atoms with van der Waals surface area (Å²) in [6, 6.07) is 5.98. The van der Waals surface area contributed by atoms with Crippen LogP contribution in [0.2, 0.25) is 0 Å². The van der Waals surface area contributed by atoms with Crippen molar-refractivity contribution < 1.29 is 39.0 Å². The molecule has 0 aliphatic carbocycles. The molecule has 0 amide bonds. The molecule has 2 heterocycles. The van der Waals surface area contributed by atoms with Crippen LogP contribution >= 0.6 is 10.9 Å². The highest BCUT2D eigenvalue weighted by atomic mass is 32.2. The van der Waals surface area contributed by atoms with Crippen molar-refractivity contribution in [3.05, 3.63) is 29.3 Å². The van der Waals surface area contributed by atoms with Gasteiger partial charge in [-0.3, -0.25) is 14.4 Å². The normalized spacial score (nSPS) is 30.7. The number of hydrogen-bond acceptors (Lipinski definition) is 5. The van der Waals surface area contributed by atoms with Gasteiger partial charge in [0.2, 0.25) is 0 Å². The Kier molecular flexibility index (Phi) is 7.99. The molecule has 194 valence electrons. The van der Waals surface area contributed by atoms with Crippen LogP contribution in [0.4, 0.5) is 0 Å². The summed E-state index contributed by atoms with van der Waals surface area (Å²) in [5.41, 5.74) is 1.78. The van der Waals surface area contributed by atoms with Gasteiger partial charge in [0.1, 0.15) is 0 Å². The molecule has 0 saturated carbocycles. The van der Waals surface area contributed by atoms with Crippen molar-refractivity contribution in [1.29, 1.82) is 0 Å². The molecule has 2 aliphatic rings. The molecular weight excluding hydrogens is 471 g/mol. The zero-order chi connectivity index (χ0) is 26.3. The van der Waals surface area contributed by atoms with Crippen molar-refractivity contribution in [2.45, 2.75) is 70.3 Å². The molecule has 0 aromatic heterocycles. The van der Waals surface area contributed by atoms with Crippen LogP contribution in [0.3, 0.4) is 0 Å². The van der Waals surface area contributed by atoms with Crippen molar-refractivity contribution in [1.82, 2.24) is 0 Å². The minimum Gasteiger partial charge on any atom is -0.481 e. The molecule has 3 rings (SSSR count). The van der Waals surface area contributed by atoms with E-state index in [1.165, 1.54) is 0 Å². The lowest BCUT2D eigenvalue weighted by Gasteiger charge is -2.48. The van der Waals surface area contributed by atoms with Crippen molar-refractivity contribution in [3.63, 3.8) is 0 Å². The minimum absolute atomic E-state index is 0.152. The van der Waals surface area contributed by atoms with Crippen LogP contribution in [-0.2, 0) is 23.7 Å². The first-order valence-electron chi connectivity index (χ1n) is 11.9. The van der Waals surface area contributed by atoms with Gasteiger partial charge in [0.25, 0.3) is 0 Å². The van der Waals surface area contributed by atoms with Gasteiger partial charge in [-0.05, 0) is 75.4 Å². The first-order valence-corrected chi connectivity index (χ1v) is 14.0. The van der Waals surface area contributed by atoms with E-state index in [1.54, 1.807) is 0 Å². The summed E-state index contributed by atoms with van der Waals surface area (Å²) in [7, 11) is -1.37. The van der Waals surface area contributed by atoms with Crippen molar-refractivity contribution in [3.8, 4) is 0 Å². The van der Waals surface area contributed by atoms with Gasteiger partial charge in [-0.2, -0.15) is 0 Å². The lowest BCUT2D eigenvalue weighted by Crippen LogP contribution is -2.41. The summed E-state index contributed by atoms with van der Waals surface area (Å²) in [4.78, 5) is 35.2. The maximum atomic E-state index is 11.9. The van der Waals surface area contributed by atoms with Crippen LogP contribution in [-0.4, -0.2) is 63.6 Å². The van der Waals surface area contributed by atoms with Crippen molar-refractivity contribution in [2.75, 3.05) is 12.0 Å². The highest BCUT2D eigenvalue weighted by molar-refractivity contribution is 8.16. The van der Waals surface area contributed by atoms with Crippen LogP contribution < -0.4 is 5.46 Å². The molecule has 2 saturated heterocycles. The van der Waals surface area contributed by atoms with Gasteiger partial charge in [0, 0.05) is 24.5 Å². The molecular formula is C25H37BO8S. The van der Waals surface area contributed by atoms with E-state index in [0.717, 1.165) is 16.6 Å². The molecule has 3 N–H and O–H groups in total. The second kappa shape index (κ2) is 10.1. The summed E-state index contributed by atoms with van der Waals surface area (Å²) in [5, 5.41) is 28.6. The molecule has 1 unspecified atom stereocenters. The summed E-state index contributed by atoms with van der Waals surface area (Å²) >= 11 is 0. The van der Waals surface area contributed by atoms with Gasteiger partial charge in [0.05, 0.1) is 11.2 Å². The predicted molar refractivity (Wildman–Crippen MR) is 137 cm³/mol. The highest BCUT2D eigenvalue weighted by Crippen LogP contribution is 2.57. The summed E-state index contributed by atoms with van der Waals surface area (Å²) in [6.07, 6.45) is 1.46. The first kappa shape index (κ1) is 27.6. The Bertz CT molecular complexity index is 978. The van der Waals surface area contributed by atoms with E-state index in [4.69, 9.17) is 9.31 Å². The molecule has 10 heteroatoms. The van der Waals surface area contributed by atoms with E-state index in [2.05, 4.69) is 6.26 Å². The fourth-order valence-electron chi connectivity index (χ4n) is 5.52. The van der Waals surface area contributed by atoms with E-state index in [9.17, 15) is 29.7 Å². The van der Waals surface area contributed by atoms with E-state index < -0.39 is 59.0 Å². The second-order valence-electron chi connectivity index (χ2n) is 11.0. The van der Waals surface area contributed by atoms with Crippen LogP contribution in [0.15, 0.2) is 18.2 Å². The minimum atomic E-state index is -1.04.